The summed E-state index contributed by atoms with van der Waals surface area (Å²) in [6.07, 6.45) is -0.958. The number of esters is 1. The summed E-state index contributed by atoms with van der Waals surface area (Å²) in [5.41, 5.74) is 3.45. The first-order valence-corrected chi connectivity index (χ1v) is 7.67. The molecular weight excluding hydrogens is 306 g/mol. The summed E-state index contributed by atoms with van der Waals surface area (Å²) in [6, 6.07) is 10.2. The molecule has 2 rings (SSSR count). The zero-order valence-corrected chi connectivity index (χ0v) is 14.2. The van der Waals surface area contributed by atoms with Crippen molar-refractivity contribution >= 4 is 17.6 Å². The van der Waals surface area contributed by atoms with Crippen LogP contribution in [0.3, 0.4) is 0 Å². The number of hydrogen-bond donors (Lipinski definition) is 2. The number of aryl methyl sites for hydroxylation is 3. The number of ether oxygens (including phenoxy) is 1. The molecular formula is C19H21NO4. The Labute approximate surface area is 141 Å². The largest absolute Gasteiger partial charge is 0.508 e. The third kappa shape index (κ3) is 3.93. The molecule has 1 amide bonds. The van der Waals surface area contributed by atoms with E-state index in [9.17, 15) is 14.7 Å². The molecule has 5 nitrogen and oxygen atoms in total. The van der Waals surface area contributed by atoms with Gasteiger partial charge in [-0.2, -0.15) is 0 Å². The van der Waals surface area contributed by atoms with Crippen LogP contribution in [0.4, 0.5) is 5.69 Å². The smallest absolute Gasteiger partial charge is 0.339 e. The topological polar surface area (TPSA) is 75.6 Å². The molecule has 0 unspecified atom stereocenters. The van der Waals surface area contributed by atoms with Crippen molar-refractivity contribution in [2.24, 2.45) is 0 Å². The van der Waals surface area contributed by atoms with Crippen LogP contribution in [-0.4, -0.2) is 23.1 Å². The molecule has 0 aliphatic heterocycles. The monoisotopic (exact) mass is 327 g/mol. The van der Waals surface area contributed by atoms with Crippen LogP contribution in [0.1, 0.15) is 34.0 Å². The van der Waals surface area contributed by atoms with Gasteiger partial charge in [0.15, 0.2) is 6.10 Å². The fourth-order valence-corrected chi connectivity index (χ4v) is 2.25. The SMILES string of the molecule is Cc1ccc(C(=O)O[C@H](C)C(=O)Nc2c(C)cccc2C)cc1O. The minimum absolute atomic E-state index is 0.0112. The number of phenolic OH excluding ortho intramolecular Hbond substituents is 1. The van der Waals surface area contributed by atoms with Gasteiger partial charge in [-0.25, -0.2) is 4.79 Å². The molecule has 0 saturated carbocycles. The molecule has 0 radical (unpaired) electrons. The Balaban J connectivity index is 2.05. The first-order valence-electron chi connectivity index (χ1n) is 7.67. The Morgan fingerprint density at radius 1 is 1.04 bits per heavy atom. The Morgan fingerprint density at radius 2 is 1.67 bits per heavy atom. The van der Waals surface area contributed by atoms with E-state index in [1.807, 2.05) is 32.0 Å². The highest BCUT2D eigenvalue weighted by Crippen LogP contribution is 2.21. The Morgan fingerprint density at radius 3 is 2.25 bits per heavy atom. The molecule has 5 heteroatoms. The zero-order valence-electron chi connectivity index (χ0n) is 14.2. The summed E-state index contributed by atoms with van der Waals surface area (Å²) in [4.78, 5) is 24.4. The molecule has 0 heterocycles. The normalized spacial score (nSPS) is 11.7. The lowest BCUT2D eigenvalue weighted by Crippen LogP contribution is -2.30. The summed E-state index contributed by atoms with van der Waals surface area (Å²) in [7, 11) is 0. The maximum Gasteiger partial charge on any atom is 0.339 e. The number of carbonyl (C=O) groups excluding carboxylic acids is 2. The quantitative estimate of drug-likeness (QED) is 0.843. The van der Waals surface area contributed by atoms with Gasteiger partial charge >= 0.3 is 5.97 Å². The molecule has 0 bridgehead atoms. The zero-order chi connectivity index (χ0) is 17.9. The standard InChI is InChI=1S/C19H21NO4/c1-11-8-9-15(10-16(11)21)19(23)24-14(4)18(22)20-17-12(2)6-5-7-13(17)3/h5-10,14,21H,1-4H3,(H,20,22)/t14-/m1/s1. The van der Waals surface area contributed by atoms with Crippen LogP contribution in [0, 0.1) is 20.8 Å². The minimum atomic E-state index is -0.958. The molecule has 126 valence electrons. The minimum Gasteiger partial charge on any atom is -0.508 e. The number of amides is 1. The second kappa shape index (κ2) is 7.17. The third-order valence-corrected chi connectivity index (χ3v) is 3.83. The lowest BCUT2D eigenvalue weighted by atomic mass is 10.1. The van der Waals surface area contributed by atoms with Crippen molar-refractivity contribution in [3.05, 3.63) is 58.7 Å². The van der Waals surface area contributed by atoms with Gasteiger partial charge in [-0.1, -0.05) is 24.3 Å². The van der Waals surface area contributed by atoms with E-state index in [0.29, 0.717) is 5.56 Å². The van der Waals surface area contributed by atoms with Crippen molar-refractivity contribution in [2.75, 3.05) is 5.32 Å². The first kappa shape index (κ1) is 17.5. The summed E-state index contributed by atoms with van der Waals surface area (Å²) in [5.74, 6) is -1.05. The van der Waals surface area contributed by atoms with Crippen LogP contribution in [-0.2, 0) is 9.53 Å². The van der Waals surface area contributed by atoms with E-state index in [4.69, 9.17) is 4.74 Å². The predicted molar refractivity (Wildman–Crippen MR) is 92.3 cm³/mol. The Bertz CT molecular complexity index is 763. The number of anilines is 1. The van der Waals surface area contributed by atoms with Crippen molar-refractivity contribution in [3.63, 3.8) is 0 Å². The predicted octanol–water partition coefficient (Wildman–Crippen LogP) is 3.50. The van der Waals surface area contributed by atoms with E-state index in [-0.39, 0.29) is 11.3 Å². The van der Waals surface area contributed by atoms with Gasteiger partial charge in [-0.3, -0.25) is 4.79 Å². The molecule has 2 N–H and O–H groups in total. The van der Waals surface area contributed by atoms with Crippen LogP contribution in [0.2, 0.25) is 0 Å². The summed E-state index contributed by atoms with van der Waals surface area (Å²) < 4.78 is 5.18. The van der Waals surface area contributed by atoms with Crippen molar-refractivity contribution in [2.45, 2.75) is 33.8 Å². The van der Waals surface area contributed by atoms with Crippen LogP contribution in [0.5, 0.6) is 5.75 Å². The van der Waals surface area contributed by atoms with Gasteiger partial charge in [0.1, 0.15) is 5.75 Å². The number of para-hydroxylation sites is 1. The number of aromatic hydroxyl groups is 1. The third-order valence-electron chi connectivity index (χ3n) is 3.83. The van der Waals surface area contributed by atoms with E-state index in [2.05, 4.69) is 5.32 Å². The highest BCUT2D eigenvalue weighted by atomic mass is 16.5. The number of carbonyl (C=O) groups is 2. The van der Waals surface area contributed by atoms with Gasteiger partial charge in [-0.15, -0.1) is 0 Å². The van der Waals surface area contributed by atoms with Gasteiger partial charge in [0.2, 0.25) is 0 Å². The van der Waals surface area contributed by atoms with Crippen molar-refractivity contribution in [1.82, 2.24) is 0 Å². The average Bonchev–Trinajstić information content (AvgIpc) is 2.53. The average molecular weight is 327 g/mol. The van der Waals surface area contributed by atoms with E-state index in [1.165, 1.54) is 13.0 Å². The Hall–Kier alpha value is -2.82. The second-order valence-electron chi connectivity index (χ2n) is 5.80. The molecule has 0 aliphatic rings. The van der Waals surface area contributed by atoms with Crippen LogP contribution < -0.4 is 5.32 Å². The van der Waals surface area contributed by atoms with Gasteiger partial charge in [0.05, 0.1) is 5.56 Å². The number of phenols is 1. The van der Waals surface area contributed by atoms with E-state index in [0.717, 1.165) is 16.8 Å². The van der Waals surface area contributed by atoms with Gasteiger partial charge in [-0.05, 0) is 56.5 Å². The summed E-state index contributed by atoms with van der Waals surface area (Å²) in [5, 5.41) is 12.5. The van der Waals surface area contributed by atoms with E-state index < -0.39 is 18.0 Å². The maximum absolute atomic E-state index is 12.3. The fourth-order valence-electron chi connectivity index (χ4n) is 2.25. The van der Waals surface area contributed by atoms with Crippen LogP contribution in [0.15, 0.2) is 36.4 Å². The van der Waals surface area contributed by atoms with E-state index in [1.54, 1.807) is 19.1 Å². The maximum atomic E-state index is 12.3. The van der Waals surface area contributed by atoms with Crippen molar-refractivity contribution in [1.29, 1.82) is 0 Å². The highest BCUT2D eigenvalue weighted by Gasteiger charge is 2.20. The summed E-state index contributed by atoms with van der Waals surface area (Å²) in [6.45, 7) is 7.03. The molecule has 24 heavy (non-hydrogen) atoms. The molecule has 2 aromatic carbocycles. The first-order chi connectivity index (χ1) is 11.3. The van der Waals surface area contributed by atoms with Crippen molar-refractivity contribution in [3.8, 4) is 5.75 Å². The highest BCUT2D eigenvalue weighted by molar-refractivity contribution is 5.98. The van der Waals surface area contributed by atoms with Crippen LogP contribution >= 0.6 is 0 Å². The molecule has 0 aliphatic carbocycles. The molecule has 0 fully saturated rings. The fraction of sp³-hybridized carbons (Fsp3) is 0.263. The molecule has 0 spiro atoms. The van der Waals surface area contributed by atoms with Crippen molar-refractivity contribution < 1.29 is 19.4 Å². The van der Waals surface area contributed by atoms with Gasteiger partial charge in [0, 0.05) is 5.69 Å². The van der Waals surface area contributed by atoms with Crippen LogP contribution in [0.25, 0.3) is 0 Å². The number of hydrogen-bond acceptors (Lipinski definition) is 4. The molecule has 2 aromatic rings. The molecule has 1 atom stereocenters. The van der Waals surface area contributed by atoms with Gasteiger partial charge in [0.25, 0.3) is 5.91 Å². The number of nitrogens with one attached hydrogen (secondary N) is 1. The molecule has 0 aromatic heterocycles. The Kier molecular flexibility index (Phi) is 5.24. The number of benzene rings is 2. The molecule has 0 saturated heterocycles. The van der Waals surface area contributed by atoms with Gasteiger partial charge < -0.3 is 15.2 Å². The number of rotatable bonds is 4. The lowest BCUT2D eigenvalue weighted by molar-refractivity contribution is -0.123. The lowest BCUT2D eigenvalue weighted by Gasteiger charge is -2.16. The second-order valence-corrected chi connectivity index (χ2v) is 5.80. The van der Waals surface area contributed by atoms with E-state index >= 15 is 0 Å². The summed E-state index contributed by atoms with van der Waals surface area (Å²) >= 11 is 0.